The highest BCUT2D eigenvalue weighted by Crippen LogP contribution is 2.15. The predicted molar refractivity (Wildman–Crippen MR) is 40.7 cm³/mol. The predicted octanol–water partition coefficient (Wildman–Crippen LogP) is 0.0134. The monoisotopic (exact) mass is 144 g/mol. The lowest BCUT2D eigenvalue weighted by Gasteiger charge is -2.21. The zero-order valence-electron chi connectivity index (χ0n) is 6.55. The summed E-state index contributed by atoms with van der Waals surface area (Å²) in [7, 11) is 1.76. The van der Waals surface area contributed by atoms with E-state index in [1.54, 1.807) is 7.11 Å². The minimum Gasteiger partial charge on any atom is -0.366 e. The number of nitrogens with two attached hydrogens (primary N) is 1. The molecule has 1 heterocycles. The Morgan fingerprint density at radius 3 is 3.10 bits per heavy atom. The molecule has 2 N–H and O–H groups in total. The molecule has 1 rings (SSSR count). The second-order valence-corrected chi connectivity index (χ2v) is 2.66. The van der Waals surface area contributed by atoms with E-state index in [9.17, 15) is 0 Å². The molecule has 3 heteroatoms. The molecule has 0 amide bonds. The van der Waals surface area contributed by atoms with Crippen LogP contribution in [0.2, 0.25) is 0 Å². The highest BCUT2D eigenvalue weighted by Gasteiger charge is 2.22. The molecule has 3 nitrogen and oxygen atoms in total. The van der Waals surface area contributed by atoms with Crippen LogP contribution in [0.3, 0.4) is 0 Å². The molecule has 0 radical (unpaired) electrons. The van der Waals surface area contributed by atoms with Crippen LogP contribution in [0.15, 0.2) is 0 Å². The highest BCUT2D eigenvalue weighted by molar-refractivity contribution is 4.71. The van der Waals surface area contributed by atoms with Crippen molar-refractivity contribution in [2.24, 2.45) is 5.73 Å². The summed E-state index contributed by atoms with van der Waals surface area (Å²) >= 11 is 0. The van der Waals surface area contributed by atoms with Crippen LogP contribution in [0.25, 0.3) is 0 Å². The normalized spacial score (nSPS) is 27.6. The molecule has 1 fully saturated rings. The zero-order chi connectivity index (χ0) is 7.40. The number of ether oxygens (including phenoxy) is 1. The zero-order valence-corrected chi connectivity index (χ0v) is 6.55. The van der Waals surface area contributed by atoms with E-state index in [1.807, 2.05) is 0 Å². The van der Waals surface area contributed by atoms with Crippen molar-refractivity contribution in [1.29, 1.82) is 0 Å². The van der Waals surface area contributed by atoms with Crippen LogP contribution >= 0.6 is 0 Å². The van der Waals surface area contributed by atoms with Gasteiger partial charge in [-0.1, -0.05) is 0 Å². The number of rotatable bonds is 3. The first-order chi connectivity index (χ1) is 4.88. The largest absolute Gasteiger partial charge is 0.366 e. The Labute approximate surface area is 62.1 Å². The lowest BCUT2D eigenvalue weighted by molar-refractivity contribution is -0.00190. The van der Waals surface area contributed by atoms with Crippen LogP contribution in [0.1, 0.15) is 12.8 Å². The third-order valence-electron chi connectivity index (χ3n) is 1.99. The van der Waals surface area contributed by atoms with Gasteiger partial charge in [0.1, 0.15) is 6.23 Å². The van der Waals surface area contributed by atoms with Gasteiger partial charge in [-0.2, -0.15) is 0 Å². The number of likely N-dealkylation sites (tertiary alicyclic amines) is 1. The first-order valence-corrected chi connectivity index (χ1v) is 3.85. The quantitative estimate of drug-likeness (QED) is 0.606. The number of methoxy groups -OCH3 is 1. The first kappa shape index (κ1) is 7.98. The Bertz CT molecular complexity index is 97.6. The average Bonchev–Trinajstić information content (AvgIpc) is 2.36. The summed E-state index contributed by atoms with van der Waals surface area (Å²) in [6.07, 6.45) is 2.75. The van der Waals surface area contributed by atoms with Crippen LogP contribution in [0, 0.1) is 0 Å². The molecule has 0 saturated carbocycles. The fraction of sp³-hybridized carbons (Fsp3) is 1.00. The lowest BCUT2D eigenvalue weighted by atomic mass is 10.4. The van der Waals surface area contributed by atoms with Crippen molar-refractivity contribution < 1.29 is 4.74 Å². The third kappa shape index (κ3) is 1.68. The van der Waals surface area contributed by atoms with E-state index in [0.29, 0.717) is 6.23 Å². The summed E-state index contributed by atoms with van der Waals surface area (Å²) in [5.74, 6) is 0. The molecule has 0 aliphatic carbocycles. The summed E-state index contributed by atoms with van der Waals surface area (Å²) in [4.78, 5) is 2.29. The van der Waals surface area contributed by atoms with Crippen LogP contribution in [0.5, 0.6) is 0 Å². The van der Waals surface area contributed by atoms with Gasteiger partial charge in [-0.15, -0.1) is 0 Å². The van der Waals surface area contributed by atoms with E-state index in [0.717, 1.165) is 26.1 Å². The fourth-order valence-electron chi connectivity index (χ4n) is 1.48. The van der Waals surface area contributed by atoms with Gasteiger partial charge in [-0.3, -0.25) is 4.90 Å². The molecule has 1 aliphatic rings. The van der Waals surface area contributed by atoms with Crippen LogP contribution in [0.4, 0.5) is 0 Å². The van der Waals surface area contributed by atoms with Gasteiger partial charge in [0.05, 0.1) is 0 Å². The second-order valence-electron chi connectivity index (χ2n) is 2.66. The van der Waals surface area contributed by atoms with Gasteiger partial charge in [0.2, 0.25) is 0 Å². The van der Waals surface area contributed by atoms with Crippen molar-refractivity contribution in [3.05, 3.63) is 0 Å². The van der Waals surface area contributed by atoms with Crippen LogP contribution in [-0.4, -0.2) is 37.9 Å². The summed E-state index contributed by atoms with van der Waals surface area (Å²) in [6.45, 7) is 2.86. The second kappa shape index (κ2) is 3.91. The number of hydrogen-bond acceptors (Lipinski definition) is 3. The van der Waals surface area contributed by atoms with Gasteiger partial charge < -0.3 is 10.5 Å². The van der Waals surface area contributed by atoms with Crippen molar-refractivity contribution in [3.8, 4) is 0 Å². The summed E-state index contributed by atoms with van der Waals surface area (Å²) in [5.41, 5.74) is 5.43. The Morgan fingerprint density at radius 2 is 2.50 bits per heavy atom. The van der Waals surface area contributed by atoms with Crippen molar-refractivity contribution in [2.75, 3.05) is 26.7 Å². The van der Waals surface area contributed by atoms with E-state index in [4.69, 9.17) is 10.5 Å². The van der Waals surface area contributed by atoms with Gasteiger partial charge in [0.25, 0.3) is 0 Å². The molecule has 1 aliphatic heterocycles. The van der Waals surface area contributed by atoms with E-state index >= 15 is 0 Å². The molecule has 10 heavy (non-hydrogen) atoms. The van der Waals surface area contributed by atoms with Gasteiger partial charge in [-0.05, 0) is 12.8 Å². The van der Waals surface area contributed by atoms with Gasteiger partial charge >= 0.3 is 0 Å². The topological polar surface area (TPSA) is 38.5 Å². The minimum absolute atomic E-state index is 0.337. The average molecular weight is 144 g/mol. The third-order valence-corrected chi connectivity index (χ3v) is 1.99. The maximum absolute atomic E-state index is 5.43. The molecular weight excluding hydrogens is 128 g/mol. The van der Waals surface area contributed by atoms with Crippen LogP contribution < -0.4 is 5.73 Å². The van der Waals surface area contributed by atoms with E-state index in [-0.39, 0.29) is 0 Å². The molecule has 60 valence electrons. The number of nitrogens with zero attached hydrogens (tertiary/aromatic N) is 1. The maximum Gasteiger partial charge on any atom is 0.110 e. The van der Waals surface area contributed by atoms with Gasteiger partial charge in [0.15, 0.2) is 0 Å². The summed E-state index contributed by atoms with van der Waals surface area (Å²) < 4.78 is 5.25. The van der Waals surface area contributed by atoms with Gasteiger partial charge in [0, 0.05) is 26.7 Å². The summed E-state index contributed by atoms with van der Waals surface area (Å²) in [5, 5.41) is 0. The van der Waals surface area contributed by atoms with Crippen LogP contribution in [-0.2, 0) is 4.74 Å². The molecule has 1 unspecified atom stereocenters. The maximum atomic E-state index is 5.43. The summed E-state index contributed by atoms with van der Waals surface area (Å²) in [6, 6.07) is 0. The lowest BCUT2D eigenvalue weighted by Crippen LogP contribution is -2.34. The van der Waals surface area contributed by atoms with Crippen molar-refractivity contribution in [2.45, 2.75) is 19.1 Å². The SMILES string of the molecule is COC1CCCN1CCN. The molecule has 0 aromatic rings. The van der Waals surface area contributed by atoms with E-state index in [2.05, 4.69) is 4.90 Å². The van der Waals surface area contributed by atoms with Crippen molar-refractivity contribution >= 4 is 0 Å². The molecule has 0 aromatic carbocycles. The fourth-order valence-corrected chi connectivity index (χ4v) is 1.48. The Hall–Kier alpha value is -0.120. The van der Waals surface area contributed by atoms with E-state index in [1.165, 1.54) is 6.42 Å². The molecule has 0 spiro atoms. The minimum atomic E-state index is 0.337. The smallest absolute Gasteiger partial charge is 0.110 e. The molecular formula is C7H16N2O. The Kier molecular flexibility index (Phi) is 3.12. The Balaban J connectivity index is 2.27. The van der Waals surface area contributed by atoms with E-state index < -0.39 is 0 Å². The first-order valence-electron chi connectivity index (χ1n) is 3.85. The standard InChI is InChI=1S/C7H16N2O/c1-10-7-3-2-5-9(7)6-4-8/h7H,2-6,8H2,1H3. The molecule has 0 bridgehead atoms. The van der Waals surface area contributed by atoms with Gasteiger partial charge in [-0.25, -0.2) is 0 Å². The molecule has 1 atom stereocenters. The number of hydrogen-bond donors (Lipinski definition) is 1. The molecule has 0 aromatic heterocycles. The van der Waals surface area contributed by atoms with Crippen molar-refractivity contribution in [1.82, 2.24) is 4.90 Å². The Morgan fingerprint density at radius 1 is 1.70 bits per heavy atom. The molecule has 1 saturated heterocycles. The van der Waals surface area contributed by atoms with Crippen molar-refractivity contribution in [3.63, 3.8) is 0 Å². The highest BCUT2D eigenvalue weighted by atomic mass is 16.5.